The minimum atomic E-state index is -0.626. The van der Waals surface area contributed by atoms with Gasteiger partial charge in [-0.15, -0.1) is 0 Å². The molecule has 0 atom stereocenters. The van der Waals surface area contributed by atoms with Gasteiger partial charge in [0.05, 0.1) is 13.1 Å². The maximum atomic E-state index is 12.5. The lowest BCUT2D eigenvalue weighted by atomic mass is 10.2. The Labute approximate surface area is 181 Å². The van der Waals surface area contributed by atoms with Gasteiger partial charge in [-0.1, -0.05) is 52.3 Å². The fraction of sp³-hybridized carbons (Fsp3) is 0.190. The van der Waals surface area contributed by atoms with Crippen molar-refractivity contribution < 1.29 is 4.79 Å². The van der Waals surface area contributed by atoms with E-state index in [1.54, 1.807) is 30.0 Å². The van der Waals surface area contributed by atoms with E-state index in [4.69, 9.17) is 5.73 Å². The van der Waals surface area contributed by atoms with Crippen molar-refractivity contribution >= 4 is 39.0 Å². The van der Waals surface area contributed by atoms with Gasteiger partial charge in [-0.3, -0.25) is 19.1 Å². The van der Waals surface area contributed by atoms with Crippen LogP contribution >= 0.6 is 15.9 Å². The molecule has 0 aliphatic heterocycles. The second-order valence-corrected chi connectivity index (χ2v) is 7.55. The number of carbonyl (C=O) groups is 1. The number of carbonyl (C=O) groups excluding carboxylic acids is 1. The molecule has 0 aliphatic carbocycles. The first-order valence-corrected chi connectivity index (χ1v) is 10.1. The Kier molecular flexibility index (Phi) is 6.73. The molecule has 2 aromatic carbocycles. The number of hydrogen-bond acceptors (Lipinski definition) is 5. The number of nitrogen functional groups attached to an aromatic ring is 1. The first kappa shape index (κ1) is 21.4. The number of nitrogens with one attached hydrogen (secondary N) is 2. The minimum Gasteiger partial charge on any atom is -0.383 e. The van der Waals surface area contributed by atoms with Crippen LogP contribution in [0, 0.1) is 0 Å². The van der Waals surface area contributed by atoms with E-state index in [1.165, 1.54) is 4.57 Å². The number of rotatable bonds is 7. The number of hydrogen-bond donors (Lipinski definition) is 3. The van der Waals surface area contributed by atoms with Crippen molar-refractivity contribution in [2.75, 3.05) is 29.0 Å². The first-order valence-electron chi connectivity index (χ1n) is 9.36. The van der Waals surface area contributed by atoms with Crippen LogP contribution in [-0.4, -0.2) is 28.5 Å². The van der Waals surface area contributed by atoms with Crippen LogP contribution in [0.1, 0.15) is 12.5 Å². The van der Waals surface area contributed by atoms with E-state index < -0.39 is 11.2 Å². The van der Waals surface area contributed by atoms with Crippen molar-refractivity contribution in [3.05, 3.63) is 85.5 Å². The van der Waals surface area contributed by atoms with Crippen LogP contribution in [0.3, 0.4) is 0 Å². The highest BCUT2D eigenvalue weighted by Gasteiger charge is 2.20. The summed E-state index contributed by atoms with van der Waals surface area (Å²) < 4.78 is 2.13. The number of benzene rings is 2. The predicted molar refractivity (Wildman–Crippen MR) is 122 cm³/mol. The zero-order chi connectivity index (χ0) is 21.7. The molecule has 0 radical (unpaired) electrons. The largest absolute Gasteiger partial charge is 0.383 e. The number of aromatic nitrogens is 2. The van der Waals surface area contributed by atoms with Crippen molar-refractivity contribution in [3.8, 4) is 0 Å². The fourth-order valence-electron chi connectivity index (χ4n) is 3.10. The van der Waals surface area contributed by atoms with Crippen molar-refractivity contribution in [1.29, 1.82) is 0 Å². The van der Waals surface area contributed by atoms with Crippen molar-refractivity contribution in [2.24, 2.45) is 0 Å². The van der Waals surface area contributed by atoms with Gasteiger partial charge in [-0.25, -0.2) is 4.79 Å². The third-order valence-electron chi connectivity index (χ3n) is 4.54. The van der Waals surface area contributed by atoms with Crippen LogP contribution in [0.4, 0.5) is 17.2 Å². The standard InChI is InChI=1S/C21H22BrN5O3/c1-2-26(13-17(28)24-16-10-6-9-15(22)11-16)18-19(23)27(21(30)25-20(18)29)12-14-7-4-3-5-8-14/h3-11H,2,12-13,23H2,1H3,(H,24,28)(H,25,29,30). The van der Waals surface area contributed by atoms with E-state index in [2.05, 4.69) is 26.2 Å². The highest BCUT2D eigenvalue weighted by atomic mass is 79.9. The lowest BCUT2D eigenvalue weighted by Gasteiger charge is -2.24. The van der Waals surface area contributed by atoms with E-state index in [1.807, 2.05) is 36.4 Å². The molecule has 0 saturated heterocycles. The third kappa shape index (κ3) is 4.98. The fourth-order valence-corrected chi connectivity index (χ4v) is 3.49. The number of amides is 1. The Morgan fingerprint density at radius 1 is 1.17 bits per heavy atom. The number of likely N-dealkylation sites (N-methyl/N-ethyl adjacent to an activating group) is 1. The molecule has 9 heteroatoms. The van der Waals surface area contributed by atoms with Crippen LogP contribution in [0.25, 0.3) is 0 Å². The topological polar surface area (TPSA) is 113 Å². The van der Waals surface area contributed by atoms with Gasteiger partial charge in [-0.2, -0.15) is 0 Å². The number of anilines is 3. The second kappa shape index (κ2) is 9.45. The summed E-state index contributed by atoms with van der Waals surface area (Å²) in [5, 5.41) is 2.79. The Balaban J connectivity index is 1.88. The number of nitrogens with two attached hydrogens (primary N) is 1. The van der Waals surface area contributed by atoms with E-state index >= 15 is 0 Å². The van der Waals surface area contributed by atoms with Crippen molar-refractivity contribution in [1.82, 2.24) is 9.55 Å². The lowest BCUT2D eigenvalue weighted by molar-refractivity contribution is -0.115. The highest BCUT2D eigenvalue weighted by Crippen LogP contribution is 2.19. The summed E-state index contributed by atoms with van der Waals surface area (Å²) in [5.74, 6) is -0.292. The molecular formula is C21H22BrN5O3. The normalized spacial score (nSPS) is 10.6. The van der Waals surface area contributed by atoms with Crippen molar-refractivity contribution in [3.63, 3.8) is 0 Å². The minimum absolute atomic E-state index is 0.0182. The molecule has 1 heterocycles. The van der Waals surface area contributed by atoms with Gasteiger partial charge in [0.15, 0.2) is 0 Å². The maximum Gasteiger partial charge on any atom is 0.330 e. The van der Waals surface area contributed by atoms with Crippen LogP contribution in [0.5, 0.6) is 0 Å². The quantitative estimate of drug-likeness (QED) is 0.489. The monoisotopic (exact) mass is 471 g/mol. The molecule has 30 heavy (non-hydrogen) atoms. The average Bonchev–Trinajstić information content (AvgIpc) is 2.71. The van der Waals surface area contributed by atoms with Gasteiger partial charge in [0, 0.05) is 16.7 Å². The van der Waals surface area contributed by atoms with E-state index in [-0.39, 0.29) is 30.5 Å². The molecule has 0 unspecified atom stereocenters. The van der Waals surface area contributed by atoms with E-state index in [0.29, 0.717) is 12.2 Å². The zero-order valence-corrected chi connectivity index (χ0v) is 18.0. The Hall–Kier alpha value is -3.33. The van der Waals surface area contributed by atoms with Gasteiger partial charge < -0.3 is 16.0 Å². The molecule has 0 saturated carbocycles. The molecule has 4 N–H and O–H groups in total. The molecule has 1 amide bonds. The summed E-state index contributed by atoms with van der Waals surface area (Å²) >= 11 is 3.36. The van der Waals surface area contributed by atoms with E-state index in [0.717, 1.165) is 10.0 Å². The Morgan fingerprint density at radius 3 is 2.57 bits per heavy atom. The summed E-state index contributed by atoms with van der Waals surface area (Å²) in [4.78, 5) is 41.3. The molecular weight excluding hydrogens is 450 g/mol. The molecule has 8 nitrogen and oxygen atoms in total. The summed E-state index contributed by atoms with van der Waals surface area (Å²) in [7, 11) is 0. The smallest absolute Gasteiger partial charge is 0.330 e. The Bertz CT molecular complexity index is 1160. The molecule has 0 aliphatic rings. The second-order valence-electron chi connectivity index (χ2n) is 6.64. The molecule has 3 rings (SSSR count). The van der Waals surface area contributed by atoms with Gasteiger partial charge in [0.25, 0.3) is 5.56 Å². The van der Waals surface area contributed by atoms with Crippen LogP contribution in [-0.2, 0) is 11.3 Å². The Morgan fingerprint density at radius 2 is 1.90 bits per heavy atom. The lowest BCUT2D eigenvalue weighted by Crippen LogP contribution is -2.41. The summed E-state index contributed by atoms with van der Waals surface area (Å²) in [6, 6.07) is 16.5. The van der Waals surface area contributed by atoms with Gasteiger partial charge in [-0.05, 0) is 30.7 Å². The first-order chi connectivity index (χ1) is 14.4. The third-order valence-corrected chi connectivity index (χ3v) is 5.03. The zero-order valence-electron chi connectivity index (χ0n) is 16.4. The van der Waals surface area contributed by atoms with Gasteiger partial charge in [0.2, 0.25) is 5.91 Å². The summed E-state index contributed by atoms with van der Waals surface area (Å²) in [6.07, 6.45) is 0. The molecule has 0 bridgehead atoms. The van der Waals surface area contributed by atoms with Crippen LogP contribution in [0.2, 0.25) is 0 Å². The van der Waals surface area contributed by atoms with E-state index in [9.17, 15) is 14.4 Å². The predicted octanol–water partition coefficient (Wildman–Crippen LogP) is 2.39. The average molecular weight is 472 g/mol. The number of nitrogens with zero attached hydrogens (tertiary/aromatic N) is 2. The van der Waals surface area contributed by atoms with Crippen LogP contribution in [0.15, 0.2) is 68.7 Å². The number of halogens is 1. The van der Waals surface area contributed by atoms with Crippen LogP contribution < -0.4 is 27.2 Å². The molecule has 0 spiro atoms. The SMILES string of the molecule is CCN(CC(=O)Nc1cccc(Br)c1)c1c(N)n(Cc2ccccc2)c(=O)[nH]c1=O. The molecule has 0 fully saturated rings. The number of aromatic amines is 1. The molecule has 1 aromatic heterocycles. The van der Waals surface area contributed by atoms with Gasteiger partial charge in [0.1, 0.15) is 11.5 Å². The molecule has 156 valence electrons. The summed E-state index contributed by atoms with van der Waals surface area (Å²) in [6.45, 7) is 2.26. The molecule has 3 aromatic rings. The maximum absolute atomic E-state index is 12.5. The van der Waals surface area contributed by atoms with Gasteiger partial charge >= 0.3 is 5.69 Å². The van der Waals surface area contributed by atoms with Crippen molar-refractivity contribution in [2.45, 2.75) is 13.5 Å². The summed E-state index contributed by atoms with van der Waals surface area (Å²) in [5.41, 5.74) is 6.58. The highest BCUT2D eigenvalue weighted by molar-refractivity contribution is 9.10. The number of H-pyrrole nitrogens is 1.